The highest BCUT2D eigenvalue weighted by Crippen LogP contribution is 2.20. The Kier molecular flexibility index (Phi) is 4.75. The summed E-state index contributed by atoms with van der Waals surface area (Å²) in [5.74, 6) is 1.45. The van der Waals surface area contributed by atoms with Gasteiger partial charge in [0.1, 0.15) is 5.69 Å². The molecule has 2 aromatic rings. The fourth-order valence-electron chi connectivity index (χ4n) is 2.54. The summed E-state index contributed by atoms with van der Waals surface area (Å²) in [7, 11) is 2.09. The summed E-state index contributed by atoms with van der Waals surface area (Å²) in [6.45, 7) is 1.39. The minimum atomic E-state index is -2.55. The van der Waals surface area contributed by atoms with E-state index in [2.05, 4.69) is 32.1 Å². The maximum atomic E-state index is 12.1. The fourth-order valence-corrected chi connectivity index (χ4v) is 2.54. The van der Waals surface area contributed by atoms with E-state index in [-0.39, 0.29) is 5.88 Å². The SMILES string of the molecule is CN1CCC(Cc2nc(-c3cnc(OCC(F)F)cn3)no2)C1. The van der Waals surface area contributed by atoms with E-state index in [4.69, 9.17) is 9.26 Å². The minimum Gasteiger partial charge on any atom is -0.470 e. The molecule has 0 aliphatic carbocycles. The number of halogens is 2. The average molecular weight is 325 g/mol. The van der Waals surface area contributed by atoms with Crippen LogP contribution in [0.15, 0.2) is 16.9 Å². The monoisotopic (exact) mass is 325 g/mol. The summed E-state index contributed by atoms with van der Waals surface area (Å²) >= 11 is 0. The molecular formula is C14H17F2N5O2. The van der Waals surface area contributed by atoms with Crippen LogP contribution >= 0.6 is 0 Å². The second-order valence-electron chi connectivity index (χ2n) is 5.57. The van der Waals surface area contributed by atoms with Gasteiger partial charge in [0.2, 0.25) is 17.6 Å². The van der Waals surface area contributed by atoms with Crippen molar-refractivity contribution in [3.05, 3.63) is 18.3 Å². The lowest BCUT2D eigenvalue weighted by Crippen LogP contribution is -2.15. The Morgan fingerprint density at radius 2 is 2.26 bits per heavy atom. The standard InChI is InChI=1S/C14H17F2N5O2/c1-21-3-2-9(7-21)4-12-19-14(20-23-12)10-5-18-13(6-17-10)22-8-11(15)16/h5-6,9,11H,2-4,7-8H2,1H3. The van der Waals surface area contributed by atoms with Gasteiger partial charge in [-0.15, -0.1) is 0 Å². The molecule has 7 nitrogen and oxygen atoms in total. The molecule has 0 radical (unpaired) electrons. The molecule has 1 aliphatic heterocycles. The molecule has 0 saturated carbocycles. The van der Waals surface area contributed by atoms with Crippen molar-refractivity contribution in [3.8, 4) is 17.4 Å². The van der Waals surface area contributed by atoms with Crippen molar-refractivity contribution < 1.29 is 18.0 Å². The number of aromatic nitrogens is 4. The first-order valence-corrected chi connectivity index (χ1v) is 7.34. The molecule has 0 bridgehead atoms. The molecule has 0 spiro atoms. The van der Waals surface area contributed by atoms with Gasteiger partial charge in [-0.1, -0.05) is 5.16 Å². The van der Waals surface area contributed by atoms with Crippen molar-refractivity contribution in [3.63, 3.8) is 0 Å². The lowest BCUT2D eigenvalue weighted by molar-refractivity contribution is 0.0794. The largest absolute Gasteiger partial charge is 0.470 e. The van der Waals surface area contributed by atoms with Crippen LogP contribution in [0.5, 0.6) is 5.88 Å². The van der Waals surface area contributed by atoms with Gasteiger partial charge in [0.25, 0.3) is 6.43 Å². The quantitative estimate of drug-likeness (QED) is 0.799. The molecule has 3 heterocycles. The van der Waals surface area contributed by atoms with Crippen molar-refractivity contribution in [2.75, 3.05) is 26.7 Å². The molecule has 124 valence electrons. The predicted molar refractivity (Wildman–Crippen MR) is 76.1 cm³/mol. The Bertz CT molecular complexity index is 634. The van der Waals surface area contributed by atoms with Crippen molar-refractivity contribution in [1.29, 1.82) is 0 Å². The summed E-state index contributed by atoms with van der Waals surface area (Å²) in [5.41, 5.74) is 0.410. The molecular weight excluding hydrogens is 308 g/mol. The van der Waals surface area contributed by atoms with Gasteiger partial charge in [-0.25, -0.2) is 18.7 Å². The molecule has 2 aromatic heterocycles. The second kappa shape index (κ2) is 6.95. The molecule has 1 unspecified atom stereocenters. The maximum Gasteiger partial charge on any atom is 0.272 e. The van der Waals surface area contributed by atoms with E-state index in [1.165, 1.54) is 12.4 Å². The summed E-state index contributed by atoms with van der Waals surface area (Å²) in [6, 6.07) is 0. The van der Waals surface area contributed by atoms with Gasteiger partial charge < -0.3 is 14.2 Å². The third kappa shape index (κ3) is 4.19. The van der Waals surface area contributed by atoms with Crippen LogP contribution in [0, 0.1) is 5.92 Å². The van der Waals surface area contributed by atoms with Crippen LogP contribution in [0.1, 0.15) is 12.3 Å². The molecule has 1 atom stereocenters. The first kappa shape index (κ1) is 15.7. The molecule has 0 N–H and O–H groups in total. The van der Waals surface area contributed by atoms with Crippen LogP contribution in [-0.4, -0.2) is 58.2 Å². The summed E-state index contributed by atoms with van der Waals surface area (Å²) < 4.78 is 34.1. The van der Waals surface area contributed by atoms with Crippen LogP contribution in [0.4, 0.5) is 8.78 Å². The van der Waals surface area contributed by atoms with E-state index < -0.39 is 13.0 Å². The Labute approximate surface area is 131 Å². The van der Waals surface area contributed by atoms with Crippen molar-refractivity contribution in [1.82, 2.24) is 25.0 Å². The highest BCUT2D eigenvalue weighted by atomic mass is 19.3. The number of likely N-dealkylation sites (tertiary alicyclic amines) is 1. The molecule has 1 aliphatic rings. The number of alkyl halides is 2. The zero-order valence-electron chi connectivity index (χ0n) is 12.7. The Morgan fingerprint density at radius 3 is 2.91 bits per heavy atom. The minimum absolute atomic E-state index is 0.0340. The second-order valence-corrected chi connectivity index (χ2v) is 5.57. The van der Waals surface area contributed by atoms with Gasteiger partial charge in [0.15, 0.2) is 6.61 Å². The van der Waals surface area contributed by atoms with Gasteiger partial charge in [-0.2, -0.15) is 4.98 Å². The van der Waals surface area contributed by atoms with Gasteiger partial charge in [-0.3, -0.25) is 0 Å². The van der Waals surface area contributed by atoms with E-state index in [1.807, 2.05) is 0 Å². The van der Waals surface area contributed by atoms with Crippen LogP contribution in [0.2, 0.25) is 0 Å². The summed E-state index contributed by atoms with van der Waals surface area (Å²) in [6.07, 6.45) is 1.94. The maximum absolute atomic E-state index is 12.1. The topological polar surface area (TPSA) is 77.2 Å². The molecule has 1 fully saturated rings. The third-order valence-electron chi connectivity index (χ3n) is 3.63. The molecule has 0 aromatic carbocycles. The van der Waals surface area contributed by atoms with E-state index in [0.717, 1.165) is 25.9 Å². The lowest BCUT2D eigenvalue weighted by Gasteiger charge is -2.06. The average Bonchev–Trinajstić information content (AvgIpc) is 3.15. The molecule has 9 heteroatoms. The van der Waals surface area contributed by atoms with Gasteiger partial charge in [0, 0.05) is 13.0 Å². The highest BCUT2D eigenvalue weighted by Gasteiger charge is 2.22. The van der Waals surface area contributed by atoms with Gasteiger partial charge >= 0.3 is 0 Å². The first-order valence-electron chi connectivity index (χ1n) is 7.34. The number of nitrogens with zero attached hydrogens (tertiary/aromatic N) is 5. The van der Waals surface area contributed by atoms with E-state index in [0.29, 0.717) is 23.3 Å². The van der Waals surface area contributed by atoms with Crippen LogP contribution in [0.25, 0.3) is 11.5 Å². The predicted octanol–water partition coefficient (Wildman–Crippen LogP) is 1.66. The fraction of sp³-hybridized carbons (Fsp3) is 0.571. The van der Waals surface area contributed by atoms with Crippen LogP contribution < -0.4 is 4.74 Å². The van der Waals surface area contributed by atoms with E-state index in [9.17, 15) is 8.78 Å². The molecule has 3 rings (SSSR count). The zero-order chi connectivity index (χ0) is 16.2. The smallest absolute Gasteiger partial charge is 0.272 e. The van der Waals surface area contributed by atoms with Crippen molar-refractivity contribution >= 4 is 0 Å². The Balaban J connectivity index is 1.61. The van der Waals surface area contributed by atoms with Crippen LogP contribution in [0.3, 0.4) is 0 Å². The summed E-state index contributed by atoms with van der Waals surface area (Å²) in [4.78, 5) is 14.5. The normalized spacial score (nSPS) is 18.7. The first-order chi connectivity index (χ1) is 11.1. The molecule has 23 heavy (non-hydrogen) atoms. The lowest BCUT2D eigenvalue weighted by atomic mass is 10.1. The highest BCUT2D eigenvalue weighted by molar-refractivity contribution is 5.46. The Hall–Kier alpha value is -2.16. The third-order valence-corrected chi connectivity index (χ3v) is 3.63. The zero-order valence-corrected chi connectivity index (χ0v) is 12.7. The molecule has 1 saturated heterocycles. The number of ether oxygens (including phenoxy) is 1. The van der Waals surface area contributed by atoms with Gasteiger partial charge in [0.05, 0.1) is 12.4 Å². The van der Waals surface area contributed by atoms with Crippen molar-refractivity contribution in [2.45, 2.75) is 19.3 Å². The number of rotatable bonds is 6. The van der Waals surface area contributed by atoms with E-state index in [1.54, 1.807) is 0 Å². The number of hydrogen-bond acceptors (Lipinski definition) is 7. The van der Waals surface area contributed by atoms with E-state index >= 15 is 0 Å². The molecule has 0 amide bonds. The van der Waals surface area contributed by atoms with Crippen molar-refractivity contribution in [2.24, 2.45) is 5.92 Å². The van der Waals surface area contributed by atoms with Gasteiger partial charge in [-0.05, 0) is 25.9 Å². The Morgan fingerprint density at radius 1 is 1.39 bits per heavy atom. The summed E-state index contributed by atoms with van der Waals surface area (Å²) in [5, 5.41) is 3.89. The number of hydrogen-bond donors (Lipinski definition) is 0. The van der Waals surface area contributed by atoms with Crippen LogP contribution in [-0.2, 0) is 6.42 Å².